The van der Waals surface area contributed by atoms with Crippen molar-refractivity contribution in [2.24, 2.45) is 0 Å². The summed E-state index contributed by atoms with van der Waals surface area (Å²) in [5, 5.41) is 8.68. The van der Waals surface area contributed by atoms with E-state index in [9.17, 15) is 4.79 Å². The summed E-state index contributed by atoms with van der Waals surface area (Å²) in [6.07, 6.45) is 9.87. The van der Waals surface area contributed by atoms with Crippen LogP contribution in [0.1, 0.15) is 60.2 Å². The highest BCUT2D eigenvalue weighted by molar-refractivity contribution is 5.68. The predicted molar refractivity (Wildman–Crippen MR) is 81.3 cm³/mol. The Morgan fingerprint density at radius 3 is 2.30 bits per heavy atom. The minimum absolute atomic E-state index is 0.232. The van der Waals surface area contributed by atoms with Gasteiger partial charge in [-0.15, -0.1) is 0 Å². The summed E-state index contributed by atoms with van der Waals surface area (Å²) in [4.78, 5) is 10.7. The van der Waals surface area contributed by atoms with Gasteiger partial charge in [0.25, 0.3) is 0 Å². The van der Waals surface area contributed by atoms with Crippen LogP contribution in [-0.4, -0.2) is 17.6 Å². The molecule has 0 unspecified atom stereocenters. The third-order valence-electron chi connectivity index (χ3n) is 3.25. The Bertz CT molecular complexity index is 444. The van der Waals surface area contributed by atoms with Crippen molar-refractivity contribution in [3.63, 3.8) is 0 Å². The summed E-state index contributed by atoms with van der Waals surface area (Å²) >= 11 is 0. The zero-order valence-corrected chi connectivity index (χ0v) is 12.2. The molecule has 1 N–H and O–H groups in total. The molecule has 0 aliphatic heterocycles. The number of ether oxygens (including phenoxy) is 1. The number of aliphatic carboxylic acids is 1. The standard InChI is InChI=1S/C17H26O3/c1-2-3-4-5-6-7-8-9-15-10-12-16(13-11-15)20-14-17(18)19/h10-13H,2-9,14H2,1H3,(H,18,19)/i14D2. The number of aryl methyl sites for hydroxylation is 1. The Labute approximate surface area is 124 Å². The average Bonchev–Trinajstić information content (AvgIpc) is 2.47. The molecule has 0 radical (unpaired) electrons. The van der Waals surface area contributed by atoms with E-state index in [-0.39, 0.29) is 5.75 Å². The quantitative estimate of drug-likeness (QED) is 0.609. The molecule has 0 aliphatic rings. The van der Waals surface area contributed by atoms with Gasteiger partial charge in [0, 0.05) is 0 Å². The number of carboxylic acid groups (broad SMARTS) is 1. The van der Waals surface area contributed by atoms with Crippen LogP contribution in [0.3, 0.4) is 0 Å². The number of unbranched alkanes of at least 4 members (excludes halogenated alkanes) is 6. The summed E-state index contributed by atoms with van der Waals surface area (Å²) in [5.74, 6) is -1.39. The number of hydrogen-bond acceptors (Lipinski definition) is 2. The summed E-state index contributed by atoms with van der Waals surface area (Å²) in [6.45, 7) is -0.477. The van der Waals surface area contributed by atoms with E-state index >= 15 is 0 Å². The Hall–Kier alpha value is -1.51. The zero-order chi connectivity index (χ0) is 16.4. The van der Waals surface area contributed by atoms with Gasteiger partial charge in [-0.05, 0) is 30.5 Å². The molecule has 1 rings (SSSR count). The van der Waals surface area contributed by atoms with Crippen LogP contribution in [0.15, 0.2) is 24.3 Å². The third-order valence-corrected chi connectivity index (χ3v) is 3.25. The molecule has 0 saturated heterocycles. The molecule has 0 spiro atoms. The Balaban J connectivity index is 2.29. The predicted octanol–water partition coefficient (Wildman–Crippen LogP) is 4.44. The fourth-order valence-electron chi connectivity index (χ4n) is 2.11. The molecule has 3 nitrogen and oxygen atoms in total. The summed E-state index contributed by atoms with van der Waals surface area (Å²) in [5.41, 5.74) is 1.16. The van der Waals surface area contributed by atoms with Crippen molar-refractivity contribution < 1.29 is 17.4 Å². The van der Waals surface area contributed by atoms with Crippen molar-refractivity contribution in [1.29, 1.82) is 0 Å². The second-order valence-electron chi connectivity index (χ2n) is 5.02. The fraction of sp³-hybridized carbons (Fsp3) is 0.588. The van der Waals surface area contributed by atoms with Gasteiger partial charge in [0.2, 0.25) is 0 Å². The highest BCUT2D eigenvalue weighted by Crippen LogP contribution is 2.15. The molecule has 20 heavy (non-hydrogen) atoms. The van der Waals surface area contributed by atoms with Gasteiger partial charge >= 0.3 is 5.97 Å². The van der Waals surface area contributed by atoms with Crippen molar-refractivity contribution in [2.75, 3.05) is 6.56 Å². The highest BCUT2D eigenvalue weighted by atomic mass is 16.5. The molecule has 1 aromatic rings. The van der Waals surface area contributed by atoms with Gasteiger partial charge in [0.15, 0.2) is 6.56 Å². The van der Waals surface area contributed by atoms with Crippen molar-refractivity contribution >= 4 is 5.97 Å². The van der Waals surface area contributed by atoms with E-state index < -0.39 is 12.5 Å². The van der Waals surface area contributed by atoms with Crippen LogP contribution < -0.4 is 4.74 Å². The van der Waals surface area contributed by atoms with Gasteiger partial charge < -0.3 is 9.84 Å². The van der Waals surface area contributed by atoms with Crippen molar-refractivity contribution in [1.82, 2.24) is 0 Å². The van der Waals surface area contributed by atoms with Gasteiger partial charge in [0.05, 0.1) is 2.74 Å². The smallest absolute Gasteiger partial charge is 0.341 e. The maximum atomic E-state index is 10.7. The normalized spacial score (nSPS) is 12.7. The summed E-state index contributed by atoms with van der Waals surface area (Å²) < 4.78 is 19.3. The van der Waals surface area contributed by atoms with E-state index in [1.807, 2.05) is 12.1 Å². The van der Waals surface area contributed by atoms with Crippen LogP contribution in [0.2, 0.25) is 0 Å². The highest BCUT2D eigenvalue weighted by Gasteiger charge is 1.99. The van der Waals surface area contributed by atoms with E-state index in [1.165, 1.54) is 38.5 Å². The van der Waals surface area contributed by atoms with Crippen molar-refractivity contribution in [3.8, 4) is 5.75 Å². The fourth-order valence-corrected chi connectivity index (χ4v) is 2.11. The zero-order valence-electron chi connectivity index (χ0n) is 14.2. The molecule has 0 aliphatic carbocycles. The molecule has 0 heterocycles. The molecular weight excluding hydrogens is 252 g/mol. The number of hydrogen-bond donors (Lipinski definition) is 1. The molecule has 112 valence electrons. The second kappa shape index (κ2) is 10.3. The topological polar surface area (TPSA) is 46.5 Å². The number of carbonyl (C=O) groups is 1. The summed E-state index contributed by atoms with van der Waals surface area (Å²) in [7, 11) is 0. The van der Waals surface area contributed by atoms with Crippen LogP contribution in [0.25, 0.3) is 0 Å². The van der Waals surface area contributed by atoms with Crippen molar-refractivity contribution in [3.05, 3.63) is 29.8 Å². The third kappa shape index (κ3) is 7.82. The summed E-state index contributed by atoms with van der Waals surface area (Å²) in [6, 6.07) is 6.98. The Kier molecular flexibility index (Phi) is 6.94. The van der Waals surface area contributed by atoms with E-state index in [0.717, 1.165) is 18.4 Å². The first-order chi connectivity index (χ1) is 10.5. The van der Waals surface area contributed by atoms with E-state index in [4.69, 9.17) is 12.6 Å². The molecule has 1 aromatic carbocycles. The first-order valence-electron chi connectivity index (χ1n) is 8.47. The molecule has 0 bridgehead atoms. The lowest BCUT2D eigenvalue weighted by atomic mass is 10.0. The molecule has 0 aromatic heterocycles. The van der Waals surface area contributed by atoms with E-state index in [2.05, 4.69) is 6.92 Å². The lowest BCUT2D eigenvalue weighted by Gasteiger charge is -2.05. The van der Waals surface area contributed by atoms with Crippen LogP contribution in [0.4, 0.5) is 0 Å². The van der Waals surface area contributed by atoms with Gasteiger partial charge in [-0.2, -0.15) is 0 Å². The second-order valence-corrected chi connectivity index (χ2v) is 5.02. The SMILES string of the molecule is [2H]C([2H])(Oc1ccc(CCCCCCCCC)cc1)C(=O)O. The number of carboxylic acids is 1. The van der Waals surface area contributed by atoms with Crippen LogP contribution >= 0.6 is 0 Å². The first-order valence-corrected chi connectivity index (χ1v) is 7.47. The number of benzene rings is 1. The van der Waals surface area contributed by atoms with E-state index in [0.29, 0.717) is 0 Å². The molecule has 0 amide bonds. The van der Waals surface area contributed by atoms with Crippen LogP contribution in [0, 0.1) is 0 Å². The Morgan fingerprint density at radius 2 is 1.70 bits per heavy atom. The van der Waals surface area contributed by atoms with Gasteiger partial charge in [-0.3, -0.25) is 0 Å². The minimum Gasteiger partial charge on any atom is -0.482 e. The monoisotopic (exact) mass is 280 g/mol. The molecule has 3 heteroatoms. The number of rotatable bonds is 11. The largest absolute Gasteiger partial charge is 0.482 e. The lowest BCUT2D eigenvalue weighted by Crippen LogP contribution is -2.09. The molecule has 0 atom stereocenters. The van der Waals surface area contributed by atoms with Gasteiger partial charge in [-0.1, -0.05) is 57.6 Å². The maximum absolute atomic E-state index is 10.7. The van der Waals surface area contributed by atoms with Crippen LogP contribution in [-0.2, 0) is 11.2 Å². The first kappa shape index (κ1) is 13.5. The minimum atomic E-state index is -2.69. The van der Waals surface area contributed by atoms with Gasteiger partial charge in [0.1, 0.15) is 5.75 Å². The molecular formula is C17H26O3. The lowest BCUT2D eigenvalue weighted by molar-refractivity contribution is -0.139. The van der Waals surface area contributed by atoms with E-state index in [1.54, 1.807) is 12.1 Å². The molecule has 0 fully saturated rings. The maximum Gasteiger partial charge on any atom is 0.341 e. The van der Waals surface area contributed by atoms with Gasteiger partial charge in [-0.25, -0.2) is 4.79 Å². The van der Waals surface area contributed by atoms with Crippen molar-refractivity contribution in [2.45, 2.75) is 58.3 Å². The van der Waals surface area contributed by atoms with Crippen LogP contribution in [0.5, 0.6) is 5.75 Å². The Morgan fingerprint density at radius 1 is 1.10 bits per heavy atom. The molecule has 0 saturated carbocycles. The average molecular weight is 280 g/mol.